The predicted molar refractivity (Wildman–Crippen MR) is 87.3 cm³/mol. The molecular formula is C17H12N4O. The summed E-state index contributed by atoms with van der Waals surface area (Å²) in [7, 11) is 0. The zero-order valence-electron chi connectivity index (χ0n) is 11.6. The fraction of sp³-hybridized carbons (Fsp3) is 0. The molecule has 0 aliphatic rings. The number of rotatable bonds is 2. The van der Waals surface area contributed by atoms with E-state index in [4.69, 9.17) is 0 Å². The van der Waals surface area contributed by atoms with Crippen molar-refractivity contribution in [1.82, 2.24) is 14.6 Å². The average molecular weight is 288 g/mol. The third kappa shape index (κ3) is 2.00. The van der Waals surface area contributed by atoms with Crippen LogP contribution in [0.2, 0.25) is 0 Å². The molecule has 22 heavy (non-hydrogen) atoms. The molecule has 0 aliphatic heterocycles. The fourth-order valence-corrected chi connectivity index (χ4v) is 2.45. The van der Waals surface area contributed by atoms with Crippen LogP contribution in [0.5, 0.6) is 0 Å². The first-order valence-electron chi connectivity index (χ1n) is 6.90. The maximum absolute atomic E-state index is 12.5. The summed E-state index contributed by atoms with van der Waals surface area (Å²) in [6, 6.07) is 17.3. The first kappa shape index (κ1) is 12.5. The van der Waals surface area contributed by atoms with Gasteiger partial charge in [-0.15, -0.1) is 0 Å². The van der Waals surface area contributed by atoms with Crippen LogP contribution in [0, 0.1) is 0 Å². The summed E-state index contributed by atoms with van der Waals surface area (Å²) in [5.41, 5.74) is 2.74. The van der Waals surface area contributed by atoms with Gasteiger partial charge in [0.1, 0.15) is 17.4 Å². The minimum atomic E-state index is -0.214. The molecule has 0 spiro atoms. The van der Waals surface area contributed by atoms with Crippen LogP contribution in [-0.4, -0.2) is 20.9 Å². The van der Waals surface area contributed by atoms with Crippen molar-refractivity contribution in [2.75, 3.05) is 0 Å². The summed E-state index contributed by atoms with van der Waals surface area (Å²) in [5.74, 6) is 0. The molecule has 1 N–H and O–H groups in total. The van der Waals surface area contributed by atoms with Gasteiger partial charge in [0.2, 0.25) is 0 Å². The van der Waals surface area contributed by atoms with Gasteiger partial charge in [-0.1, -0.05) is 48.5 Å². The van der Waals surface area contributed by atoms with E-state index in [0.29, 0.717) is 11.0 Å². The van der Waals surface area contributed by atoms with Crippen molar-refractivity contribution >= 4 is 28.2 Å². The van der Waals surface area contributed by atoms with Gasteiger partial charge in [-0.25, -0.2) is 4.98 Å². The summed E-state index contributed by atoms with van der Waals surface area (Å²) in [6.45, 7) is 0. The largest absolute Gasteiger partial charge is 0.349 e. The second kappa shape index (κ2) is 4.96. The lowest BCUT2D eigenvalue weighted by Crippen LogP contribution is -2.17. The molecule has 0 atom stereocenters. The molecule has 4 rings (SSSR count). The molecule has 2 heterocycles. The van der Waals surface area contributed by atoms with E-state index in [1.54, 1.807) is 6.21 Å². The number of nitrogens with zero attached hydrogens (tertiary/aromatic N) is 3. The molecule has 0 bridgehead atoms. The lowest BCUT2D eigenvalue weighted by molar-refractivity contribution is 0.815. The molecule has 0 fully saturated rings. The summed E-state index contributed by atoms with van der Waals surface area (Å²) in [4.78, 5) is 20.0. The molecule has 4 aromatic rings. The third-order valence-electron chi connectivity index (χ3n) is 3.53. The number of para-hydroxylation sites is 1. The quantitative estimate of drug-likeness (QED) is 0.576. The van der Waals surface area contributed by atoms with E-state index in [1.165, 1.54) is 11.0 Å². The van der Waals surface area contributed by atoms with Crippen LogP contribution in [-0.2, 0) is 0 Å². The standard InChI is InChI=1S/C17H12N4O/c22-17-16-15(13-8-4-5-9-14(13)20-16)18-11-21(17)19-10-12-6-2-1-3-7-12/h1-11,20H/b19-10-. The van der Waals surface area contributed by atoms with E-state index in [-0.39, 0.29) is 5.56 Å². The number of fused-ring (bicyclic) bond motifs is 3. The van der Waals surface area contributed by atoms with Crippen molar-refractivity contribution in [2.24, 2.45) is 5.10 Å². The predicted octanol–water partition coefficient (Wildman–Crippen LogP) is 2.76. The highest BCUT2D eigenvalue weighted by atomic mass is 16.1. The molecule has 106 valence electrons. The van der Waals surface area contributed by atoms with Gasteiger partial charge >= 0.3 is 0 Å². The lowest BCUT2D eigenvalue weighted by Gasteiger charge is -1.97. The highest BCUT2D eigenvalue weighted by molar-refractivity contribution is 6.04. The molecule has 0 aliphatic carbocycles. The smallest absolute Gasteiger partial charge is 0.298 e. The van der Waals surface area contributed by atoms with Crippen LogP contribution in [0.4, 0.5) is 0 Å². The zero-order valence-corrected chi connectivity index (χ0v) is 11.6. The lowest BCUT2D eigenvalue weighted by atomic mass is 10.2. The number of nitrogens with one attached hydrogen (secondary N) is 1. The Hall–Kier alpha value is -3.21. The normalized spacial score (nSPS) is 11.6. The van der Waals surface area contributed by atoms with Crippen molar-refractivity contribution in [3.05, 3.63) is 76.8 Å². The number of hydrogen-bond acceptors (Lipinski definition) is 3. The molecule has 2 aromatic heterocycles. The number of aromatic nitrogens is 3. The Morgan fingerprint density at radius 1 is 1.05 bits per heavy atom. The van der Waals surface area contributed by atoms with Crippen molar-refractivity contribution < 1.29 is 0 Å². The molecule has 0 saturated heterocycles. The minimum absolute atomic E-state index is 0.214. The first-order valence-corrected chi connectivity index (χ1v) is 6.90. The fourth-order valence-electron chi connectivity index (χ4n) is 2.45. The zero-order chi connectivity index (χ0) is 14.9. The number of H-pyrrole nitrogens is 1. The Bertz CT molecular complexity index is 1040. The topological polar surface area (TPSA) is 63.0 Å². The minimum Gasteiger partial charge on any atom is -0.349 e. The van der Waals surface area contributed by atoms with Crippen LogP contribution in [0.1, 0.15) is 5.56 Å². The second-order valence-electron chi connectivity index (χ2n) is 4.94. The molecule has 2 aromatic carbocycles. The van der Waals surface area contributed by atoms with Crippen LogP contribution in [0.3, 0.4) is 0 Å². The first-order chi connectivity index (χ1) is 10.8. The Morgan fingerprint density at radius 2 is 1.82 bits per heavy atom. The second-order valence-corrected chi connectivity index (χ2v) is 4.94. The highest BCUT2D eigenvalue weighted by Crippen LogP contribution is 2.20. The van der Waals surface area contributed by atoms with E-state index >= 15 is 0 Å². The van der Waals surface area contributed by atoms with E-state index in [1.807, 2.05) is 54.6 Å². The van der Waals surface area contributed by atoms with Crippen molar-refractivity contribution in [3.63, 3.8) is 0 Å². The maximum atomic E-state index is 12.5. The van der Waals surface area contributed by atoms with Crippen LogP contribution in [0.25, 0.3) is 21.9 Å². The molecule has 5 heteroatoms. The van der Waals surface area contributed by atoms with Gasteiger partial charge in [-0.3, -0.25) is 4.79 Å². The maximum Gasteiger partial charge on any atom is 0.298 e. The molecule has 0 unspecified atom stereocenters. The van der Waals surface area contributed by atoms with Gasteiger partial charge in [0.15, 0.2) is 0 Å². The van der Waals surface area contributed by atoms with Gasteiger partial charge in [0.25, 0.3) is 5.56 Å². The van der Waals surface area contributed by atoms with Crippen molar-refractivity contribution in [1.29, 1.82) is 0 Å². The average Bonchev–Trinajstić information content (AvgIpc) is 2.95. The van der Waals surface area contributed by atoms with Crippen LogP contribution in [0.15, 0.2) is 70.8 Å². The Balaban J connectivity index is 1.86. The number of benzene rings is 2. The molecule has 5 nitrogen and oxygen atoms in total. The van der Waals surface area contributed by atoms with Crippen molar-refractivity contribution in [3.8, 4) is 0 Å². The SMILES string of the molecule is O=c1c2[nH]c3ccccc3c2ncn1/N=C\c1ccccc1. The van der Waals surface area contributed by atoms with Gasteiger partial charge in [0.05, 0.1) is 6.21 Å². The monoisotopic (exact) mass is 288 g/mol. The van der Waals surface area contributed by atoms with Crippen molar-refractivity contribution in [2.45, 2.75) is 0 Å². The third-order valence-corrected chi connectivity index (χ3v) is 3.53. The highest BCUT2D eigenvalue weighted by Gasteiger charge is 2.09. The van der Waals surface area contributed by atoms with Crippen LogP contribution >= 0.6 is 0 Å². The number of aromatic amines is 1. The van der Waals surface area contributed by atoms with Gasteiger partial charge in [0, 0.05) is 10.9 Å². The van der Waals surface area contributed by atoms with E-state index in [2.05, 4.69) is 15.1 Å². The Labute approximate surface area is 125 Å². The van der Waals surface area contributed by atoms with E-state index < -0.39 is 0 Å². The van der Waals surface area contributed by atoms with Gasteiger partial charge in [-0.05, 0) is 11.6 Å². The molecule has 0 saturated carbocycles. The number of hydrogen-bond donors (Lipinski definition) is 1. The van der Waals surface area contributed by atoms with Gasteiger partial charge in [-0.2, -0.15) is 9.78 Å². The molecular weight excluding hydrogens is 276 g/mol. The summed E-state index contributed by atoms with van der Waals surface area (Å²) in [5, 5.41) is 5.13. The Kier molecular flexibility index (Phi) is 2.83. The summed E-state index contributed by atoms with van der Waals surface area (Å²) >= 11 is 0. The van der Waals surface area contributed by atoms with Gasteiger partial charge < -0.3 is 4.98 Å². The Morgan fingerprint density at radius 3 is 2.68 bits per heavy atom. The van der Waals surface area contributed by atoms with E-state index in [0.717, 1.165) is 16.5 Å². The summed E-state index contributed by atoms with van der Waals surface area (Å²) < 4.78 is 1.24. The van der Waals surface area contributed by atoms with E-state index in [9.17, 15) is 4.79 Å². The molecule has 0 radical (unpaired) electrons. The van der Waals surface area contributed by atoms with Crippen LogP contribution < -0.4 is 5.56 Å². The summed E-state index contributed by atoms with van der Waals surface area (Å²) in [6.07, 6.45) is 3.09. The molecule has 0 amide bonds.